The van der Waals surface area contributed by atoms with Crippen molar-refractivity contribution in [3.63, 3.8) is 0 Å². The van der Waals surface area contributed by atoms with Gasteiger partial charge in [0.2, 0.25) is 11.8 Å². The van der Waals surface area contributed by atoms with Crippen LogP contribution in [0.2, 0.25) is 0 Å². The molecule has 9 nitrogen and oxygen atoms in total. The fourth-order valence-electron chi connectivity index (χ4n) is 2.04. The number of amides is 4. The summed E-state index contributed by atoms with van der Waals surface area (Å²) in [5.41, 5.74) is 5.82. The molecule has 0 radical (unpaired) electrons. The molecule has 2 rings (SSSR count). The van der Waals surface area contributed by atoms with E-state index in [4.69, 9.17) is 4.42 Å². The summed E-state index contributed by atoms with van der Waals surface area (Å²) in [5, 5.41) is 5.06. The van der Waals surface area contributed by atoms with E-state index >= 15 is 0 Å². The Bertz CT molecular complexity index is 838. The molecule has 28 heavy (non-hydrogen) atoms. The van der Waals surface area contributed by atoms with Gasteiger partial charge in [-0.25, -0.2) is 0 Å². The van der Waals surface area contributed by atoms with Gasteiger partial charge in [-0.05, 0) is 36.8 Å². The van der Waals surface area contributed by atoms with Crippen molar-refractivity contribution in [2.75, 3.05) is 16.8 Å². The Morgan fingerprint density at radius 3 is 2.46 bits per heavy atom. The van der Waals surface area contributed by atoms with E-state index in [1.165, 1.54) is 6.26 Å². The van der Waals surface area contributed by atoms with Crippen molar-refractivity contribution in [3.05, 3.63) is 54.0 Å². The lowest BCUT2D eigenvalue weighted by molar-refractivity contribution is -0.140. The molecule has 10 heteroatoms. The van der Waals surface area contributed by atoms with Crippen molar-refractivity contribution < 1.29 is 23.6 Å². The average molecular weight is 404 g/mol. The van der Waals surface area contributed by atoms with Crippen molar-refractivity contribution in [2.45, 2.75) is 13.5 Å². The summed E-state index contributed by atoms with van der Waals surface area (Å²) in [6, 6.07) is 10.7. The Morgan fingerprint density at radius 2 is 1.75 bits per heavy atom. The van der Waals surface area contributed by atoms with Crippen LogP contribution in [0.25, 0.3) is 0 Å². The van der Waals surface area contributed by atoms with E-state index in [9.17, 15) is 19.2 Å². The summed E-state index contributed by atoms with van der Waals surface area (Å²) in [6.45, 7) is 1.97. The lowest BCUT2D eigenvalue weighted by atomic mass is 10.2. The smallest absolute Gasteiger partial charge is 0.327 e. The van der Waals surface area contributed by atoms with Crippen LogP contribution < -0.4 is 21.5 Å². The predicted octanol–water partition coefficient (Wildman–Crippen LogP) is 0.724. The summed E-state index contributed by atoms with van der Waals surface area (Å²) >= 11 is 1.07. The molecule has 0 aliphatic carbocycles. The number of furan rings is 1. The minimum atomic E-state index is -1.01. The van der Waals surface area contributed by atoms with E-state index in [2.05, 4.69) is 16.1 Å². The van der Waals surface area contributed by atoms with Crippen LogP contribution in [-0.2, 0) is 25.7 Å². The molecule has 0 saturated carbocycles. The van der Waals surface area contributed by atoms with Gasteiger partial charge in [0.25, 0.3) is 0 Å². The van der Waals surface area contributed by atoms with Gasteiger partial charge >= 0.3 is 11.8 Å². The molecule has 148 valence electrons. The molecule has 1 aromatic heterocycles. The molecule has 1 heterocycles. The van der Waals surface area contributed by atoms with Gasteiger partial charge in [0, 0.05) is 5.69 Å². The molecule has 4 amide bonds. The van der Waals surface area contributed by atoms with Gasteiger partial charge in [0.1, 0.15) is 5.76 Å². The molecule has 0 aliphatic heterocycles. The number of hydrazine groups is 1. The van der Waals surface area contributed by atoms with Gasteiger partial charge in [-0.2, -0.15) is 0 Å². The van der Waals surface area contributed by atoms with Crippen LogP contribution in [0.1, 0.15) is 11.3 Å². The summed E-state index contributed by atoms with van der Waals surface area (Å²) in [5.74, 6) is -2.21. The molecule has 1 aromatic carbocycles. The van der Waals surface area contributed by atoms with E-state index < -0.39 is 17.7 Å². The Morgan fingerprint density at radius 1 is 0.964 bits per heavy atom. The minimum absolute atomic E-state index is 0.0547. The summed E-state index contributed by atoms with van der Waals surface area (Å²) in [6.07, 6.45) is 1.45. The first-order valence-corrected chi connectivity index (χ1v) is 9.43. The monoisotopic (exact) mass is 404 g/mol. The van der Waals surface area contributed by atoms with Crippen molar-refractivity contribution in [1.82, 2.24) is 16.2 Å². The quantitative estimate of drug-likeness (QED) is 0.398. The van der Waals surface area contributed by atoms with Crippen LogP contribution in [0.15, 0.2) is 47.1 Å². The van der Waals surface area contributed by atoms with Crippen LogP contribution in [-0.4, -0.2) is 35.1 Å². The van der Waals surface area contributed by atoms with Gasteiger partial charge < -0.3 is 15.1 Å². The highest BCUT2D eigenvalue weighted by molar-refractivity contribution is 8.00. The van der Waals surface area contributed by atoms with E-state index in [0.717, 1.165) is 17.3 Å². The third-order valence-corrected chi connectivity index (χ3v) is 4.23. The van der Waals surface area contributed by atoms with Crippen LogP contribution in [0, 0.1) is 6.92 Å². The third kappa shape index (κ3) is 7.54. The fourth-order valence-corrected chi connectivity index (χ4v) is 2.65. The van der Waals surface area contributed by atoms with Gasteiger partial charge in [-0.3, -0.25) is 30.0 Å². The van der Waals surface area contributed by atoms with Gasteiger partial charge in [0.15, 0.2) is 0 Å². The Kier molecular flexibility index (Phi) is 8.10. The number of nitrogens with one attached hydrogen (secondary N) is 4. The maximum Gasteiger partial charge on any atom is 0.327 e. The second kappa shape index (κ2) is 10.8. The second-order valence-electron chi connectivity index (χ2n) is 5.67. The topological polar surface area (TPSA) is 130 Å². The lowest BCUT2D eigenvalue weighted by Crippen LogP contribution is -2.48. The standard InChI is InChI=1S/C18H20N4O5S/c1-12-4-2-5-13(8-12)20-15(23)10-28-11-16(24)21-22-18(26)17(25)19-9-14-6-3-7-27-14/h2-8H,9-11H2,1H3,(H,19,25)(H,20,23)(H,21,24)(H,22,26). The average Bonchev–Trinajstić information content (AvgIpc) is 3.17. The Hall–Kier alpha value is -3.27. The zero-order valence-electron chi connectivity index (χ0n) is 15.1. The number of thioether (sulfide) groups is 1. The highest BCUT2D eigenvalue weighted by Gasteiger charge is 2.14. The number of carbonyl (C=O) groups is 4. The number of hydrogen-bond acceptors (Lipinski definition) is 6. The minimum Gasteiger partial charge on any atom is -0.467 e. The van der Waals surface area contributed by atoms with E-state index in [0.29, 0.717) is 11.4 Å². The third-order valence-electron chi connectivity index (χ3n) is 3.29. The Labute approximate surface area is 165 Å². The normalized spacial score (nSPS) is 10.0. The molecule has 0 spiro atoms. The molecule has 4 N–H and O–H groups in total. The van der Waals surface area contributed by atoms with Crippen molar-refractivity contribution in [2.24, 2.45) is 0 Å². The van der Waals surface area contributed by atoms with Crippen LogP contribution in [0.4, 0.5) is 5.69 Å². The van der Waals surface area contributed by atoms with Gasteiger partial charge in [-0.15, -0.1) is 11.8 Å². The molecular formula is C18H20N4O5S. The SMILES string of the molecule is Cc1cccc(NC(=O)CSCC(=O)NNC(=O)C(=O)NCc2ccco2)c1. The summed E-state index contributed by atoms with van der Waals surface area (Å²) in [4.78, 5) is 46.7. The zero-order valence-corrected chi connectivity index (χ0v) is 15.9. The van der Waals surface area contributed by atoms with Crippen molar-refractivity contribution >= 4 is 41.1 Å². The predicted molar refractivity (Wildman–Crippen MR) is 104 cm³/mol. The Balaban J connectivity index is 1.59. The molecule has 2 aromatic rings. The lowest BCUT2D eigenvalue weighted by Gasteiger charge is -2.08. The molecule has 0 bridgehead atoms. The zero-order chi connectivity index (χ0) is 20.4. The molecular weight excluding hydrogens is 384 g/mol. The number of benzene rings is 1. The first kappa shape index (κ1) is 21.0. The summed E-state index contributed by atoms with van der Waals surface area (Å²) in [7, 11) is 0. The van der Waals surface area contributed by atoms with E-state index in [1.54, 1.807) is 18.2 Å². The van der Waals surface area contributed by atoms with Crippen LogP contribution >= 0.6 is 11.8 Å². The molecule has 0 saturated heterocycles. The van der Waals surface area contributed by atoms with Gasteiger partial charge in [-0.1, -0.05) is 12.1 Å². The van der Waals surface area contributed by atoms with Crippen LogP contribution in [0.5, 0.6) is 0 Å². The van der Waals surface area contributed by atoms with Crippen molar-refractivity contribution in [1.29, 1.82) is 0 Å². The number of aryl methyl sites for hydroxylation is 1. The molecule has 0 atom stereocenters. The molecule has 0 aliphatic rings. The summed E-state index contributed by atoms with van der Waals surface area (Å²) < 4.78 is 5.02. The van der Waals surface area contributed by atoms with E-state index in [-0.39, 0.29) is 24.0 Å². The van der Waals surface area contributed by atoms with Crippen molar-refractivity contribution in [3.8, 4) is 0 Å². The number of carbonyl (C=O) groups excluding carboxylic acids is 4. The highest BCUT2D eigenvalue weighted by atomic mass is 32.2. The van der Waals surface area contributed by atoms with E-state index in [1.807, 2.05) is 30.5 Å². The fraction of sp³-hybridized carbons (Fsp3) is 0.222. The maximum absolute atomic E-state index is 11.8. The van der Waals surface area contributed by atoms with Gasteiger partial charge in [0.05, 0.1) is 24.3 Å². The number of anilines is 1. The number of hydrogen-bond donors (Lipinski definition) is 4. The highest BCUT2D eigenvalue weighted by Crippen LogP contribution is 2.10. The molecule has 0 unspecified atom stereocenters. The molecule has 0 fully saturated rings. The largest absolute Gasteiger partial charge is 0.467 e. The maximum atomic E-state index is 11.8. The number of rotatable bonds is 7. The first-order chi connectivity index (χ1) is 13.4. The second-order valence-corrected chi connectivity index (χ2v) is 6.66. The van der Waals surface area contributed by atoms with Crippen LogP contribution in [0.3, 0.4) is 0 Å². The first-order valence-electron chi connectivity index (χ1n) is 8.27.